The molecule has 1 aliphatic rings. The highest BCUT2D eigenvalue weighted by Crippen LogP contribution is 2.34. The summed E-state index contributed by atoms with van der Waals surface area (Å²) in [4.78, 5) is 0. The Labute approximate surface area is 143 Å². The summed E-state index contributed by atoms with van der Waals surface area (Å²) in [6.45, 7) is 6.70. The molecule has 24 heavy (non-hydrogen) atoms. The third-order valence-electron chi connectivity index (χ3n) is 4.00. The number of benzene rings is 2. The lowest BCUT2D eigenvalue weighted by Gasteiger charge is -2.10. The highest BCUT2D eigenvalue weighted by molar-refractivity contribution is 5.99. The Morgan fingerprint density at radius 2 is 1.12 bits per heavy atom. The van der Waals surface area contributed by atoms with Gasteiger partial charge in [-0.15, -0.1) is 0 Å². The van der Waals surface area contributed by atoms with Gasteiger partial charge in [0.05, 0.1) is 0 Å². The Morgan fingerprint density at radius 3 is 1.50 bits per heavy atom. The Morgan fingerprint density at radius 1 is 0.708 bits per heavy atom. The summed E-state index contributed by atoms with van der Waals surface area (Å²) in [5.74, 6) is 12.0. The van der Waals surface area contributed by atoms with Crippen LogP contribution in [-0.2, 0) is 12.8 Å². The zero-order valence-corrected chi connectivity index (χ0v) is 14.6. The standard InChI is InChI=1S/C22H22O2/c1-21(2,23)13-11-17-9-7-15-5-6-16-8-10-18(20(17)19(15)16)12-14-22(3,4)24/h7-10,23-24H,5-6H2,1-4H3. The monoisotopic (exact) mass is 318 g/mol. The lowest BCUT2D eigenvalue weighted by atomic mass is 9.95. The second kappa shape index (κ2) is 5.67. The van der Waals surface area contributed by atoms with E-state index in [1.54, 1.807) is 27.7 Å². The van der Waals surface area contributed by atoms with Crippen LogP contribution in [0.25, 0.3) is 10.8 Å². The van der Waals surface area contributed by atoms with Crippen molar-refractivity contribution in [3.63, 3.8) is 0 Å². The molecule has 2 N–H and O–H groups in total. The Balaban J connectivity index is 2.29. The first-order valence-corrected chi connectivity index (χ1v) is 8.23. The van der Waals surface area contributed by atoms with Crippen molar-refractivity contribution in [1.29, 1.82) is 0 Å². The molecule has 0 unspecified atom stereocenters. The smallest absolute Gasteiger partial charge is 0.120 e. The first-order valence-electron chi connectivity index (χ1n) is 8.23. The topological polar surface area (TPSA) is 40.5 Å². The molecular formula is C22H22O2. The quantitative estimate of drug-likeness (QED) is 0.733. The van der Waals surface area contributed by atoms with Crippen molar-refractivity contribution in [2.24, 2.45) is 0 Å². The van der Waals surface area contributed by atoms with E-state index >= 15 is 0 Å². The Hall–Kier alpha value is -2.26. The summed E-state index contributed by atoms with van der Waals surface area (Å²) in [5.41, 5.74) is 2.31. The summed E-state index contributed by atoms with van der Waals surface area (Å²) < 4.78 is 0. The zero-order valence-electron chi connectivity index (χ0n) is 14.6. The molecular weight excluding hydrogens is 296 g/mol. The molecule has 0 radical (unpaired) electrons. The van der Waals surface area contributed by atoms with Crippen LogP contribution in [0, 0.1) is 23.7 Å². The zero-order chi connectivity index (χ0) is 17.5. The molecule has 0 amide bonds. The molecule has 0 saturated carbocycles. The van der Waals surface area contributed by atoms with Gasteiger partial charge in [-0.1, -0.05) is 35.8 Å². The summed E-state index contributed by atoms with van der Waals surface area (Å²) in [5, 5.41) is 22.1. The molecule has 2 heteroatoms. The average Bonchev–Trinajstić information content (AvgIpc) is 2.88. The molecule has 0 aliphatic heterocycles. The Kier molecular flexibility index (Phi) is 3.92. The van der Waals surface area contributed by atoms with Crippen molar-refractivity contribution >= 4 is 10.8 Å². The van der Waals surface area contributed by atoms with E-state index in [1.165, 1.54) is 16.5 Å². The van der Waals surface area contributed by atoms with Crippen LogP contribution in [0.2, 0.25) is 0 Å². The van der Waals surface area contributed by atoms with Crippen LogP contribution >= 0.6 is 0 Å². The number of rotatable bonds is 0. The minimum atomic E-state index is -1.04. The van der Waals surface area contributed by atoms with Gasteiger partial charge in [0.2, 0.25) is 0 Å². The summed E-state index contributed by atoms with van der Waals surface area (Å²) in [6.07, 6.45) is 2.07. The average molecular weight is 318 g/mol. The van der Waals surface area contributed by atoms with Crippen molar-refractivity contribution < 1.29 is 10.2 Å². The van der Waals surface area contributed by atoms with Crippen molar-refractivity contribution in [2.45, 2.75) is 51.7 Å². The first kappa shape index (κ1) is 16.6. The third-order valence-corrected chi connectivity index (χ3v) is 4.00. The van der Waals surface area contributed by atoms with Crippen molar-refractivity contribution in [2.75, 3.05) is 0 Å². The molecule has 0 fully saturated rings. The molecule has 2 nitrogen and oxygen atoms in total. The number of hydrogen-bond donors (Lipinski definition) is 2. The minimum absolute atomic E-state index is 0.875. The molecule has 0 aromatic heterocycles. The van der Waals surface area contributed by atoms with Gasteiger partial charge in [-0.2, -0.15) is 0 Å². The van der Waals surface area contributed by atoms with E-state index in [1.807, 2.05) is 12.1 Å². The van der Waals surface area contributed by atoms with Crippen molar-refractivity contribution in [1.82, 2.24) is 0 Å². The molecule has 0 heterocycles. The van der Waals surface area contributed by atoms with Crippen LogP contribution in [0.3, 0.4) is 0 Å². The van der Waals surface area contributed by atoms with E-state index in [4.69, 9.17) is 0 Å². The predicted octanol–water partition coefficient (Wildman–Crippen LogP) is 3.18. The van der Waals surface area contributed by atoms with Crippen LogP contribution in [0.15, 0.2) is 24.3 Å². The second-order valence-electron chi connectivity index (χ2n) is 7.41. The second-order valence-corrected chi connectivity index (χ2v) is 7.41. The highest BCUT2D eigenvalue weighted by Gasteiger charge is 2.18. The molecule has 2 aromatic carbocycles. The normalized spacial score (nSPS) is 13.2. The summed E-state index contributed by atoms with van der Waals surface area (Å²) in [6, 6.07) is 8.28. The molecule has 0 bridgehead atoms. The molecule has 0 atom stereocenters. The molecule has 0 saturated heterocycles. The third kappa shape index (κ3) is 3.46. The Bertz CT molecular complexity index is 855. The maximum absolute atomic E-state index is 9.92. The summed E-state index contributed by atoms with van der Waals surface area (Å²) in [7, 11) is 0. The van der Waals surface area contributed by atoms with Gasteiger partial charge in [-0.25, -0.2) is 0 Å². The van der Waals surface area contributed by atoms with Gasteiger partial charge in [-0.05, 0) is 69.2 Å². The van der Waals surface area contributed by atoms with E-state index < -0.39 is 11.2 Å². The van der Waals surface area contributed by atoms with E-state index in [2.05, 4.69) is 35.8 Å². The predicted molar refractivity (Wildman–Crippen MR) is 97.7 cm³/mol. The molecule has 122 valence electrons. The fourth-order valence-corrected chi connectivity index (χ4v) is 2.98. The maximum atomic E-state index is 9.92. The lowest BCUT2D eigenvalue weighted by Crippen LogP contribution is -2.14. The van der Waals surface area contributed by atoms with Gasteiger partial charge in [-0.3, -0.25) is 0 Å². The van der Waals surface area contributed by atoms with Crippen molar-refractivity contribution in [3.05, 3.63) is 46.5 Å². The molecule has 1 aliphatic carbocycles. The van der Waals surface area contributed by atoms with E-state index in [-0.39, 0.29) is 0 Å². The van der Waals surface area contributed by atoms with Crippen molar-refractivity contribution in [3.8, 4) is 23.7 Å². The van der Waals surface area contributed by atoms with Gasteiger partial charge < -0.3 is 10.2 Å². The van der Waals surface area contributed by atoms with Gasteiger partial charge in [0, 0.05) is 16.5 Å². The van der Waals surface area contributed by atoms with Crippen LogP contribution in [0.4, 0.5) is 0 Å². The maximum Gasteiger partial charge on any atom is 0.120 e. The van der Waals surface area contributed by atoms with E-state index in [0.29, 0.717) is 0 Å². The van der Waals surface area contributed by atoms with Gasteiger partial charge >= 0.3 is 0 Å². The summed E-state index contributed by atoms with van der Waals surface area (Å²) >= 11 is 0. The van der Waals surface area contributed by atoms with Gasteiger partial charge in [0.15, 0.2) is 0 Å². The fraction of sp³-hybridized carbons (Fsp3) is 0.364. The van der Waals surface area contributed by atoms with Crippen LogP contribution in [0.1, 0.15) is 49.9 Å². The molecule has 0 spiro atoms. The molecule has 2 aromatic rings. The fourth-order valence-electron chi connectivity index (χ4n) is 2.98. The van der Waals surface area contributed by atoms with Gasteiger partial charge in [0.1, 0.15) is 11.2 Å². The largest absolute Gasteiger partial charge is 0.378 e. The minimum Gasteiger partial charge on any atom is -0.378 e. The number of aliphatic hydroxyl groups is 2. The van der Waals surface area contributed by atoms with Crippen LogP contribution in [-0.4, -0.2) is 21.4 Å². The highest BCUT2D eigenvalue weighted by atomic mass is 16.3. The van der Waals surface area contributed by atoms with Crippen LogP contribution in [0.5, 0.6) is 0 Å². The first-order chi connectivity index (χ1) is 11.1. The lowest BCUT2D eigenvalue weighted by molar-refractivity contribution is 0.143. The number of aryl methyl sites for hydroxylation is 2. The molecule has 3 rings (SSSR count). The van der Waals surface area contributed by atoms with Gasteiger partial charge in [0.25, 0.3) is 0 Å². The van der Waals surface area contributed by atoms with E-state index in [0.717, 1.165) is 29.4 Å². The van der Waals surface area contributed by atoms with E-state index in [9.17, 15) is 10.2 Å². The SMILES string of the molecule is CC(C)(O)C#Cc1ccc2c3c(ccc(C#CC(C)(C)O)c13)CC2. The van der Waals surface area contributed by atoms with Crippen LogP contribution < -0.4 is 0 Å². The number of hydrogen-bond acceptors (Lipinski definition) is 2.